The molecule has 2 amide bonds. The van der Waals surface area contributed by atoms with Crippen LogP contribution in [0.4, 0.5) is 0 Å². The average Bonchev–Trinajstić information content (AvgIpc) is 3.38. The number of hydrogen-bond acceptors (Lipinski definition) is 2. The minimum Gasteiger partial charge on any atom is -0.345 e. The molecule has 1 saturated carbocycles. The van der Waals surface area contributed by atoms with E-state index in [9.17, 15) is 9.59 Å². The summed E-state index contributed by atoms with van der Waals surface area (Å²) >= 11 is 3.48. The van der Waals surface area contributed by atoms with Crippen LogP contribution in [0.25, 0.3) is 0 Å². The molecule has 0 atom stereocenters. The van der Waals surface area contributed by atoms with E-state index in [4.69, 9.17) is 0 Å². The zero-order valence-electron chi connectivity index (χ0n) is 22.5. The molecule has 1 heterocycles. The normalized spacial score (nSPS) is 13.8. The fourth-order valence-corrected chi connectivity index (χ4v) is 5.78. The molecule has 0 N–H and O–H groups in total. The minimum absolute atomic E-state index is 0.0456. The van der Waals surface area contributed by atoms with Crippen LogP contribution in [0.2, 0.25) is 0 Å². The number of halogens is 1. The van der Waals surface area contributed by atoms with E-state index in [1.807, 2.05) is 30.3 Å². The molecule has 6 heteroatoms. The second kappa shape index (κ2) is 14.3. The summed E-state index contributed by atoms with van der Waals surface area (Å²) in [6.45, 7) is 4.21. The van der Waals surface area contributed by atoms with Crippen molar-refractivity contribution >= 4 is 27.7 Å². The number of hydrogen-bond donors (Lipinski definition) is 0. The highest BCUT2D eigenvalue weighted by molar-refractivity contribution is 9.10. The largest absolute Gasteiger partial charge is 0.345 e. The quantitative estimate of drug-likeness (QED) is 0.212. The predicted octanol–water partition coefficient (Wildman–Crippen LogP) is 7.29. The summed E-state index contributed by atoms with van der Waals surface area (Å²) in [7, 11) is 0. The second-order valence-corrected chi connectivity index (χ2v) is 11.3. The molecule has 1 aromatic heterocycles. The average molecular weight is 579 g/mol. The third-order valence-corrected chi connectivity index (χ3v) is 8.00. The van der Waals surface area contributed by atoms with Crippen molar-refractivity contribution in [2.45, 2.75) is 77.4 Å². The molecule has 38 heavy (non-hydrogen) atoms. The monoisotopic (exact) mass is 577 g/mol. The van der Waals surface area contributed by atoms with Gasteiger partial charge in [-0.25, -0.2) is 0 Å². The van der Waals surface area contributed by atoms with E-state index in [-0.39, 0.29) is 24.4 Å². The molecule has 1 fully saturated rings. The van der Waals surface area contributed by atoms with Gasteiger partial charge in [-0.2, -0.15) is 0 Å². The Bertz CT molecular complexity index is 1170. The van der Waals surface area contributed by atoms with Crippen molar-refractivity contribution in [1.82, 2.24) is 14.4 Å². The summed E-state index contributed by atoms with van der Waals surface area (Å²) in [4.78, 5) is 31.4. The summed E-state index contributed by atoms with van der Waals surface area (Å²) in [6, 6.07) is 22.3. The molecule has 1 aliphatic rings. The van der Waals surface area contributed by atoms with Crippen LogP contribution in [0.1, 0.15) is 79.9 Å². The molecule has 4 rings (SSSR count). The van der Waals surface area contributed by atoms with E-state index >= 15 is 0 Å². The van der Waals surface area contributed by atoms with E-state index in [0.29, 0.717) is 18.7 Å². The number of carbonyl (C=O) groups excluding carboxylic acids is 2. The molecule has 5 nitrogen and oxygen atoms in total. The van der Waals surface area contributed by atoms with Crippen LogP contribution in [0.15, 0.2) is 77.4 Å². The molecule has 0 bridgehead atoms. The third kappa shape index (κ3) is 7.83. The maximum Gasteiger partial charge on any atom is 0.254 e. The van der Waals surface area contributed by atoms with Gasteiger partial charge in [0.15, 0.2) is 0 Å². The maximum atomic E-state index is 14.0. The van der Waals surface area contributed by atoms with Gasteiger partial charge in [0.2, 0.25) is 5.91 Å². The van der Waals surface area contributed by atoms with E-state index in [0.717, 1.165) is 61.7 Å². The maximum absolute atomic E-state index is 14.0. The molecule has 1 aliphatic carbocycles. The number of rotatable bonds is 12. The molecule has 2 aromatic carbocycles. The van der Waals surface area contributed by atoms with Crippen molar-refractivity contribution in [3.63, 3.8) is 0 Å². The van der Waals surface area contributed by atoms with Gasteiger partial charge in [-0.1, -0.05) is 91.4 Å². The van der Waals surface area contributed by atoms with Crippen LogP contribution >= 0.6 is 15.9 Å². The molecule has 0 spiro atoms. The van der Waals surface area contributed by atoms with Gasteiger partial charge in [-0.3, -0.25) is 9.59 Å². The lowest BCUT2D eigenvalue weighted by molar-refractivity contribution is -0.135. The van der Waals surface area contributed by atoms with Crippen LogP contribution < -0.4 is 0 Å². The van der Waals surface area contributed by atoms with Gasteiger partial charge in [0.05, 0.1) is 6.54 Å². The van der Waals surface area contributed by atoms with Crippen molar-refractivity contribution in [3.8, 4) is 0 Å². The van der Waals surface area contributed by atoms with Gasteiger partial charge < -0.3 is 14.4 Å². The molecule has 0 radical (unpaired) electrons. The number of nitrogens with zero attached hydrogens (tertiary/aromatic N) is 3. The predicted molar refractivity (Wildman–Crippen MR) is 157 cm³/mol. The topological polar surface area (TPSA) is 45.6 Å². The Balaban J connectivity index is 1.54. The van der Waals surface area contributed by atoms with E-state index in [2.05, 4.69) is 74.9 Å². The summed E-state index contributed by atoms with van der Waals surface area (Å²) in [5.41, 5.74) is 2.98. The summed E-state index contributed by atoms with van der Waals surface area (Å²) in [6.07, 6.45) is 10.7. The lowest BCUT2D eigenvalue weighted by Gasteiger charge is -2.36. The molecule has 202 valence electrons. The van der Waals surface area contributed by atoms with Gasteiger partial charge in [-0.05, 0) is 55.2 Å². The molecular weight excluding hydrogens is 538 g/mol. The standard InChI is InChI=1S/C32H40BrN3O2/c1-2-3-10-20-35(32(38)27-15-11-16-28(33)22-27)25-31(37)36(29-17-8-5-9-18-29)24-30-19-12-21-34(30)23-26-13-6-4-7-14-26/h4,6-7,11-16,19,21-22,29H,2-3,5,8-10,17-18,20,23-25H2,1H3. The van der Waals surface area contributed by atoms with Crippen molar-refractivity contribution < 1.29 is 9.59 Å². The number of carbonyl (C=O) groups is 2. The summed E-state index contributed by atoms with van der Waals surface area (Å²) < 4.78 is 3.11. The Labute approximate surface area is 236 Å². The lowest BCUT2D eigenvalue weighted by Crippen LogP contribution is -2.47. The Morgan fingerprint density at radius 2 is 1.74 bits per heavy atom. The number of amides is 2. The van der Waals surface area contributed by atoms with Gasteiger partial charge >= 0.3 is 0 Å². The van der Waals surface area contributed by atoms with Crippen LogP contribution in [-0.4, -0.2) is 45.3 Å². The Hall–Kier alpha value is -2.86. The first-order chi connectivity index (χ1) is 18.5. The number of aromatic nitrogens is 1. The molecule has 3 aromatic rings. The van der Waals surface area contributed by atoms with Crippen molar-refractivity contribution in [3.05, 3.63) is 94.2 Å². The fraction of sp³-hybridized carbons (Fsp3) is 0.438. The van der Waals surface area contributed by atoms with Crippen LogP contribution in [0.3, 0.4) is 0 Å². The van der Waals surface area contributed by atoms with Crippen molar-refractivity contribution in [2.75, 3.05) is 13.1 Å². The number of benzene rings is 2. The van der Waals surface area contributed by atoms with E-state index < -0.39 is 0 Å². The van der Waals surface area contributed by atoms with Crippen LogP contribution in [-0.2, 0) is 17.9 Å². The van der Waals surface area contributed by atoms with Gasteiger partial charge in [0.1, 0.15) is 6.54 Å². The zero-order valence-corrected chi connectivity index (χ0v) is 24.1. The third-order valence-electron chi connectivity index (χ3n) is 7.50. The van der Waals surface area contributed by atoms with Crippen LogP contribution in [0, 0.1) is 0 Å². The van der Waals surface area contributed by atoms with Crippen LogP contribution in [0.5, 0.6) is 0 Å². The van der Waals surface area contributed by atoms with E-state index in [1.165, 1.54) is 12.0 Å². The molecular formula is C32H40BrN3O2. The second-order valence-electron chi connectivity index (χ2n) is 10.4. The molecule has 0 aliphatic heterocycles. The lowest BCUT2D eigenvalue weighted by atomic mass is 9.94. The minimum atomic E-state index is -0.0770. The fourth-order valence-electron chi connectivity index (χ4n) is 5.38. The van der Waals surface area contributed by atoms with E-state index in [1.54, 1.807) is 4.90 Å². The highest BCUT2D eigenvalue weighted by atomic mass is 79.9. The highest BCUT2D eigenvalue weighted by Gasteiger charge is 2.29. The molecule has 0 saturated heterocycles. The van der Waals surface area contributed by atoms with Gasteiger partial charge in [-0.15, -0.1) is 0 Å². The number of unbranched alkanes of at least 4 members (excludes halogenated alkanes) is 2. The zero-order chi connectivity index (χ0) is 26.7. The highest BCUT2D eigenvalue weighted by Crippen LogP contribution is 2.25. The Kier molecular flexibility index (Phi) is 10.6. The first-order valence-corrected chi connectivity index (χ1v) is 14.9. The first kappa shape index (κ1) is 28.2. The first-order valence-electron chi connectivity index (χ1n) is 14.1. The van der Waals surface area contributed by atoms with Gasteiger partial charge in [0, 0.05) is 41.1 Å². The van der Waals surface area contributed by atoms with Gasteiger partial charge in [0.25, 0.3) is 5.91 Å². The summed E-state index contributed by atoms with van der Waals surface area (Å²) in [5.74, 6) is -0.0315. The smallest absolute Gasteiger partial charge is 0.254 e. The Morgan fingerprint density at radius 3 is 2.47 bits per heavy atom. The van der Waals surface area contributed by atoms with Crippen molar-refractivity contribution in [2.24, 2.45) is 0 Å². The van der Waals surface area contributed by atoms with Crippen molar-refractivity contribution in [1.29, 1.82) is 0 Å². The SMILES string of the molecule is CCCCCN(CC(=O)N(Cc1cccn1Cc1ccccc1)C1CCCCC1)C(=O)c1cccc(Br)c1. The summed E-state index contributed by atoms with van der Waals surface area (Å²) in [5, 5.41) is 0. The molecule has 0 unspecified atom stereocenters. The Morgan fingerprint density at radius 1 is 0.947 bits per heavy atom.